The van der Waals surface area contributed by atoms with E-state index in [1.165, 1.54) is 11.0 Å². The minimum absolute atomic E-state index is 0.106. The van der Waals surface area contributed by atoms with Gasteiger partial charge in [0.2, 0.25) is 21.8 Å². The monoisotopic (exact) mass is 485 g/mol. The lowest BCUT2D eigenvalue weighted by Gasteiger charge is -2.31. The van der Waals surface area contributed by atoms with Crippen molar-refractivity contribution in [3.63, 3.8) is 0 Å². The number of hydrogen-bond acceptors (Lipinski definition) is 4. The van der Waals surface area contributed by atoms with E-state index in [0.717, 1.165) is 16.1 Å². The first-order chi connectivity index (χ1) is 14.5. The Labute approximate surface area is 193 Å². The Bertz CT molecular complexity index is 1030. The maximum atomic E-state index is 13.3. The Kier molecular flexibility index (Phi) is 8.73. The van der Waals surface area contributed by atoms with Gasteiger partial charge in [-0.05, 0) is 43.7 Å². The van der Waals surface area contributed by atoms with Crippen LogP contribution in [0.2, 0.25) is 10.0 Å². The van der Waals surface area contributed by atoms with Crippen LogP contribution < -0.4 is 9.62 Å². The van der Waals surface area contributed by atoms with Crippen molar-refractivity contribution in [2.75, 3.05) is 23.7 Å². The Morgan fingerprint density at radius 1 is 1.06 bits per heavy atom. The molecule has 0 aromatic heterocycles. The lowest BCUT2D eigenvalue weighted by molar-refractivity contribution is -0.139. The van der Waals surface area contributed by atoms with E-state index >= 15 is 0 Å². The third-order valence-corrected chi connectivity index (χ3v) is 6.28. The Balaban J connectivity index is 2.38. The van der Waals surface area contributed by atoms with Gasteiger partial charge < -0.3 is 10.2 Å². The molecule has 7 nitrogen and oxygen atoms in total. The van der Waals surface area contributed by atoms with Crippen LogP contribution >= 0.6 is 23.2 Å². The number of nitrogens with zero attached hydrogens (tertiary/aromatic N) is 2. The topological polar surface area (TPSA) is 86.8 Å². The number of halogens is 2. The summed E-state index contributed by atoms with van der Waals surface area (Å²) in [5.41, 5.74) is 0.940. The average Bonchev–Trinajstić information content (AvgIpc) is 2.71. The molecule has 0 radical (unpaired) electrons. The highest BCUT2D eigenvalue weighted by Gasteiger charge is 2.30. The smallest absolute Gasteiger partial charge is 0.244 e. The summed E-state index contributed by atoms with van der Waals surface area (Å²) in [5, 5.41) is 3.43. The van der Waals surface area contributed by atoms with Crippen molar-refractivity contribution in [3.8, 4) is 0 Å². The van der Waals surface area contributed by atoms with Gasteiger partial charge in [-0.1, -0.05) is 47.5 Å². The highest BCUT2D eigenvalue weighted by molar-refractivity contribution is 7.92. The summed E-state index contributed by atoms with van der Waals surface area (Å²) in [4.78, 5) is 27.1. The number of rotatable bonds is 9. The fraction of sp³-hybridized carbons (Fsp3) is 0.333. The molecular weight excluding hydrogens is 461 g/mol. The van der Waals surface area contributed by atoms with Gasteiger partial charge in [-0.15, -0.1) is 0 Å². The van der Waals surface area contributed by atoms with Gasteiger partial charge in [0.1, 0.15) is 12.6 Å². The molecule has 0 unspecified atom stereocenters. The zero-order valence-electron chi connectivity index (χ0n) is 17.5. The molecule has 2 aromatic rings. The van der Waals surface area contributed by atoms with Gasteiger partial charge in [0.05, 0.1) is 17.0 Å². The normalized spacial score (nSPS) is 12.2. The van der Waals surface area contributed by atoms with Crippen LogP contribution in [0.1, 0.15) is 19.4 Å². The summed E-state index contributed by atoms with van der Waals surface area (Å²) in [6, 6.07) is 12.4. The first-order valence-electron chi connectivity index (χ1n) is 9.58. The van der Waals surface area contributed by atoms with Gasteiger partial charge >= 0.3 is 0 Å². The van der Waals surface area contributed by atoms with Gasteiger partial charge in [-0.2, -0.15) is 0 Å². The molecule has 1 atom stereocenters. The quantitative estimate of drug-likeness (QED) is 0.589. The lowest BCUT2D eigenvalue weighted by atomic mass is 10.1. The summed E-state index contributed by atoms with van der Waals surface area (Å²) < 4.78 is 25.8. The molecule has 0 saturated heterocycles. The third kappa shape index (κ3) is 6.85. The first-order valence-corrected chi connectivity index (χ1v) is 12.2. The molecule has 2 rings (SSSR count). The maximum absolute atomic E-state index is 13.3. The van der Waals surface area contributed by atoms with Gasteiger partial charge in [0.25, 0.3) is 0 Å². The second kappa shape index (κ2) is 10.8. The predicted octanol–water partition coefficient (Wildman–Crippen LogP) is 3.31. The Hall–Kier alpha value is -2.29. The molecule has 0 saturated carbocycles. The number of para-hydroxylation sites is 1. The number of carbonyl (C=O) groups is 2. The number of amides is 2. The van der Waals surface area contributed by atoms with E-state index in [0.29, 0.717) is 11.6 Å². The fourth-order valence-corrected chi connectivity index (χ4v) is 4.22. The van der Waals surface area contributed by atoms with Crippen LogP contribution in [0, 0.1) is 0 Å². The number of hydrogen-bond donors (Lipinski definition) is 1. The summed E-state index contributed by atoms with van der Waals surface area (Å²) in [7, 11) is -3.82. The zero-order valence-corrected chi connectivity index (χ0v) is 19.8. The van der Waals surface area contributed by atoms with Crippen molar-refractivity contribution < 1.29 is 18.0 Å². The number of sulfonamides is 1. The van der Waals surface area contributed by atoms with E-state index < -0.39 is 28.5 Å². The number of carbonyl (C=O) groups excluding carboxylic acids is 2. The van der Waals surface area contributed by atoms with Crippen molar-refractivity contribution >= 4 is 50.7 Å². The largest absolute Gasteiger partial charge is 0.355 e. The molecule has 2 aromatic carbocycles. The summed E-state index contributed by atoms with van der Waals surface area (Å²) in [6.07, 6.45) is 1.00. The van der Waals surface area contributed by atoms with Crippen LogP contribution in [0.25, 0.3) is 0 Å². The molecule has 0 spiro atoms. The molecule has 0 bridgehead atoms. The van der Waals surface area contributed by atoms with E-state index in [1.807, 2.05) is 0 Å². The van der Waals surface area contributed by atoms with Crippen LogP contribution in [-0.4, -0.2) is 50.5 Å². The van der Waals surface area contributed by atoms with E-state index in [1.54, 1.807) is 56.3 Å². The van der Waals surface area contributed by atoms with Crippen LogP contribution in [0.4, 0.5) is 5.69 Å². The van der Waals surface area contributed by atoms with E-state index in [-0.39, 0.29) is 23.2 Å². The summed E-state index contributed by atoms with van der Waals surface area (Å²) in [5.74, 6) is -0.882. The lowest BCUT2D eigenvalue weighted by Crippen LogP contribution is -2.51. The minimum atomic E-state index is -3.82. The average molecular weight is 486 g/mol. The fourth-order valence-electron chi connectivity index (χ4n) is 2.94. The van der Waals surface area contributed by atoms with Crippen LogP contribution in [0.15, 0.2) is 48.5 Å². The van der Waals surface area contributed by atoms with Crippen LogP contribution in [0.5, 0.6) is 0 Å². The summed E-state index contributed by atoms with van der Waals surface area (Å²) >= 11 is 12.1. The Morgan fingerprint density at radius 3 is 2.23 bits per heavy atom. The van der Waals surface area contributed by atoms with Gasteiger partial charge in [0.15, 0.2) is 0 Å². The van der Waals surface area contributed by atoms with Crippen LogP contribution in [0.3, 0.4) is 0 Å². The van der Waals surface area contributed by atoms with Crippen molar-refractivity contribution in [3.05, 3.63) is 64.1 Å². The third-order valence-electron chi connectivity index (χ3n) is 4.58. The molecule has 10 heteroatoms. The standard InChI is InChI=1S/C21H25Cl2N3O4S/c1-4-24-21(28)15(2)25(13-16-9-11-17(22)12-10-16)20(27)14-26(31(3,29)30)19-8-6-5-7-18(19)23/h5-12,15H,4,13-14H2,1-3H3,(H,24,28)/t15-/m1/s1. The van der Waals surface area contributed by atoms with E-state index in [9.17, 15) is 18.0 Å². The van der Waals surface area contributed by atoms with Gasteiger partial charge in [0, 0.05) is 18.1 Å². The van der Waals surface area contributed by atoms with Gasteiger partial charge in [-0.3, -0.25) is 13.9 Å². The summed E-state index contributed by atoms with van der Waals surface area (Å²) in [6.45, 7) is 3.38. The highest BCUT2D eigenvalue weighted by atomic mass is 35.5. The number of nitrogens with one attached hydrogen (secondary N) is 1. The molecule has 0 aliphatic carbocycles. The molecule has 0 aliphatic rings. The number of likely N-dealkylation sites (N-methyl/N-ethyl adjacent to an activating group) is 1. The second-order valence-corrected chi connectivity index (χ2v) is 9.69. The zero-order chi connectivity index (χ0) is 23.2. The molecule has 0 fully saturated rings. The number of anilines is 1. The highest BCUT2D eigenvalue weighted by Crippen LogP contribution is 2.27. The minimum Gasteiger partial charge on any atom is -0.355 e. The van der Waals surface area contributed by atoms with Crippen molar-refractivity contribution in [1.82, 2.24) is 10.2 Å². The molecule has 0 aliphatic heterocycles. The van der Waals surface area contributed by atoms with Gasteiger partial charge in [-0.25, -0.2) is 8.42 Å². The molecule has 168 valence electrons. The van der Waals surface area contributed by atoms with Crippen molar-refractivity contribution in [2.24, 2.45) is 0 Å². The Morgan fingerprint density at radius 2 is 1.68 bits per heavy atom. The van der Waals surface area contributed by atoms with Crippen molar-refractivity contribution in [2.45, 2.75) is 26.4 Å². The molecule has 2 amide bonds. The number of benzene rings is 2. The molecular formula is C21H25Cl2N3O4S. The maximum Gasteiger partial charge on any atom is 0.244 e. The van der Waals surface area contributed by atoms with Crippen LogP contribution in [-0.2, 0) is 26.2 Å². The van der Waals surface area contributed by atoms with E-state index in [4.69, 9.17) is 23.2 Å². The van der Waals surface area contributed by atoms with Crippen molar-refractivity contribution in [1.29, 1.82) is 0 Å². The molecule has 1 N–H and O–H groups in total. The second-order valence-electron chi connectivity index (χ2n) is 6.94. The molecule has 31 heavy (non-hydrogen) atoms. The predicted molar refractivity (Wildman–Crippen MR) is 124 cm³/mol. The SMILES string of the molecule is CCNC(=O)[C@@H](C)N(Cc1ccc(Cl)cc1)C(=O)CN(c1ccccc1Cl)S(C)(=O)=O. The van der Waals surface area contributed by atoms with E-state index in [2.05, 4.69) is 5.32 Å². The molecule has 0 heterocycles. The first kappa shape index (κ1) is 25.0.